The minimum Gasteiger partial charge on any atom is -0.491 e. The van der Waals surface area contributed by atoms with Crippen molar-refractivity contribution in [2.24, 2.45) is 0 Å². The fourth-order valence-corrected chi connectivity index (χ4v) is 2.79. The van der Waals surface area contributed by atoms with E-state index in [4.69, 9.17) is 9.47 Å². The number of hydrogen-bond acceptors (Lipinski definition) is 4. The number of ether oxygens (including phenoxy) is 2. The van der Waals surface area contributed by atoms with Crippen LogP contribution in [0.15, 0.2) is 42.5 Å². The molecule has 0 heterocycles. The average Bonchev–Trinajstić information content (AvgIpc) is 2.63. The molecular weight excluding hydrogens is 354 g/mol. The Kier molecular flexibility index (Phi) is 7.21. The average molecular weight is 383 g/mol. The molecule has 28 heavy (non-hydrogen) atoms. The molecule has 0 aliphatic carbocycles. The summed E-state index contributed by atoms with van der Waals surface area (Å²) in [7, 11) is 0. The van der Waals surface area contributed by atoms with E-state index in [9.17, 15) is 9.59 Å². The maximum Gasteiger partial charge on any atom is 0.338 e. The van der Waals surface area contributed by atoms with E-state index < -0.39 is 12.1 Å². The summed E-state index contributed by atoms with van der Waals surface area (Å²) in [5.74, 6) is 0.0367. The Labute approximate surface area is 167 Å². The topological polar surface area (TPSA) is 64.6 Å². The monoisotopic (exact) mass is 383 g/mol. The number of nitrogens with one attached hydrogen (secondary N) is 1. The zero-order valence-electron chi connectivity index (χ0n) is 17.4. The number of amides is 1. The molecule has 5 nitrogen and oxygen atoms in total. The summed E-state index contributed by atoms with van der Waals surface area (Å²) < 4.78 is 10.9. The minimum atomic E-state index is -0.918. The highest BCUT2D eigenvalue weighted by atomic mass is 16.5. The Morgan fingerprint density at radius 2 is 1.57 bits per heavy atom. The van der Waals surface area contributed by atoms with E-state index in [1.807, 2.05) is 39.0 Å². The summed E-state index contributed by atoms with van der Waals surface area (Å²) >= 11 is 0. The largest absolute Gasteiger partial charge is 0.491 e. The first kappa shape index (κ1) is 21.5. The molecule has 0 bridgehead atoms. The highest BCUT2D eigenvalue weighted by Crippen LogP contribution is 2.27. The zero-order valence-corrected chi connectivity index (χ0v) is 17.4. The summed E-state index contributed by atoms with van der Waals surface area (Å²) in [5, 5.41) is 2.91. The lowest BCUT2D eigenvalue weighted by atomic mass is 9.98. The van der Waals surface area contributed by atoms with E-state index in [0.717, 1.165) is 16.8 Å². The van der Waals surface area contributed by atoms with Crippen LogP contribution in [-0.2, 0) is 9.53 Å². The van der Waals surface area contributed by atoms with E-state index in [1.165, 1.54) is 0 Å². The first-order valence-corrected chi connectivity index (χ1v) is 9.57. The maximum atomic E-state index is 12.6. The molecule has 0 fully saturated rings. The molecule has 1 amide bonds. The molecule has 0 aliphatic rings. The lowest BCUT2D eigenvalue weighted by molar-refractivity contribution is -0.123. The number of anilines is 1. The number of aryl methyl sites for hydroxylation is 1. The van der Waals surface area contributed by atoms with Crippen molar-refractivity contribution in [2.45, 2.75) is 59.7 Å². The smallest absolute Gasteiger partial charge is 0.338 e. The van der Waals surface area contributed by atoms with Gasteiger partial charge in [-0.15, -0.1) is 0 Å². The van der Waals surface area contributed by atoms with Gasteiger partial charge in [-0.2, -0.15) is 0 Å². The van der Waals surface area contributed by atoms with E-state index in [-0.39, 0.29) is 17.9 Å². The highest BCUT2D eigenvalue weighted by molar-refractivity contribution is 5.98. The van der Waals surface area contributed by atoms with Crippen LogP contribution in [0.2, 0.25) is 0 Å². The molecule has 0 aromatic heterocycles. The number of rotatable bonds is 7. The number of hydrogen-bond donors (Lipinski definition) is 1. The Bertz CT molecular complexity index is 825. The third-order valence-corrected chi connectivity index (χ3v) is 4.29. The quantitative estimate of drug-likeness (QED) is 0.677. The summed E-state index contributed by atoms with van der Waals surface area (Å²) in [5.41, 5.74) is 3.17. The predicted octanol–water partition coefficient (Wildman–Crippen LogP) is 5.09. The first-order valence-electron chi connectivity index (χ1n) is 9.57. The molecule has 0 unspecified atom stereocenters. The second kappa shape index (κ2) is 9.40. The summed E-state index contributed by atoms with van der Waals surface area (Å²) in [4.78, 5) is 24.9. The molecule has 0 saturated carbocycles. The van der Waals surface area contributed by atoms with Gasteiger partial charge in [0.15, 0.2) is 6.10 Å². The molecule has 1 atom stereocenters. The van der Waals surface area contributed by atoms with Crippen molar-refractivity contribution in [3.05, 3.63) is 59.2 Å². The fraction of sp³-hybridized carbons (Fsp3) is 0.391. The van der Waals surface area contributed by atoms with Crippen LogP contribution >= 0.6 is 0 Å². The fourth-order valence-electron chi connectivity index (χ4n) is 2.79. The van der Waals surface area contributed by atoms with Crippen molar-refractivity contribution in [1.29, 1.82) is 0 Å². The second-order valence-electron chi connectivity index (χ2n) is 7.42. The maximum absolute atomic E-state index is 12.6. The Morgan fingerprint density at radius 1 is 0.929 bits per heavy atom. The van der Waals surface area contributed by atoms with Gasteiger partial charge in [0.2, 0.25) is 0 Å². The van der Waals surface area contributed by atoms with Crippen LogP contribution in [0.3, 0.4) is 0 Å². The van der Waals surface area contributed by atoms with Crippen LogP contribution in [0.1, 0.15) is 62.0 Å². The van der Waals surface area contributed by atoms with Gasteiger partial charge in [-0.05, 0) is 69.0 Å². The Balaban J connectivity index is 2.03. The lowest BCUT2D eigenvalue weighted by Crippen LogP contribution is -2.30. The third kappa shape index (κ3) is 5.59. The van der Waals surface area contributed by atoms with E-state index in [1.54, 1.807) is 31.2 Å². The number of para-hydroxylation sites is 1. The molecule has 0 saturated heterocycles. The Morgan fingerprint density at radius 3 is 2.14 bits per heavy atom. The standard InChI is InChI=1S/C23H29NO4/c1-14(2)20-9-7-8-16(5)21(20)24-22(25)17(6)28-23(26)18-10-12-19(13-11-18)27-15(3)4/h7-15,17H,1-6H3,(H,24,25)/t17-/m0/s1. The summed E-state index contributed by atoms with van der Waals surface area (Å²) in [6, 6.07) is 12.6. The molecule has 0 spiro atoms. The van der Waals surface area contributed by atoms with Crippen molar-refractivity contribution in [3.8, 4) is 5.75 Å². The van der Waals surface area contributed by atoms with Crippen molar-refractivity contribution in [1.82, 2.24) is 0 Å². The Hall–Kier alpha value is -2.82. The molecule has 1 N–H and O–H groups in total. The molecular formula is C23H29NO4. The minimum absolute atomic E-state index is 0.0543. The number of carbonyl (C=O) groups is 2. The normalized spacial score (nSPS) is 12.0. The summed E-state index contributed by atoms with van der Waals surface area (Å²) in [6.45, 7) is 11.5. The molecule has 0 aliphatic heterocycles. The molecule has 0 radical (unpaired) electrons. The van der Waals surface area contributed by atoms with Gasteiger partial charge in [0.25, 0.3) is 5.91 Å². The number of carbonyl (C=O) groups excluding carboxylic acids is 2. The third-order valence-electron chi connectivity index (χ3n) is 4.29. The van der Waals surface area contributed by atoms with Crippen LogP contribution < -0.4 is 10.1 Å². The van der Waals surface area contributed by atoms with Gasteiger partial charge in [-0.25, -0.2) is 4.79 Å². The van der Waals surface area contributed by atoms with E-state index in [2.05, 4.69) is 19.2 Å². The van der Waals surface area contributed by atoms with Crippen molar-refractivity contribution < 1.29 is 19.1 Å². The molecule has 2 aromatic rings. The number of esters is 1. The molecule has 5 heteroatoms. The molecule has 2 aromatic carbocycles. The van der Waals surface area contributed by atoms with Crippen LogP contribution in [0.4, 0.5) is 5.69 Å². The first-order chi connectivity index (χ1) is 13.2. The predicted molar refractivity (Wildman–Crippen MR) is 111 cm³/mol. The van der Waals surface area contributed by atoms with Gasteiger partial charge >= 0.3 is 5.97 Å². The summed E-state index contributed by atoms with van der Waals surface area (Å²) in [6.07, 6.45) is -0.864. The van der Waals surface area contributed by atoms with Gasteiger partial charge in [0.05, 0.1) is 11.7 Å². The second-order valence-corrected chi connectivity index (χ2v) is 7.42. The number of benzene rings is 2. The van der Waals surface area contributed by atoms with Gasteiger partial charge in [0.1, 0.15) is 5.75 Å². The van der Waals surface area contributed by atoms with Crippen molar-refractivity contribution >= 4 is 17.6 Å². The van der Waals surface area contributed by atoms with Crippen LogP contribution in [-0.4, -0.2) is 24.1 Å². The zero-order chi connectivity index (χ0) is 20.8. The van der Waals surface area contributed by atoms with Gasteiger partial charge < -0.3 is 14.8 Å². The van der Waals surface area contributed by atoms with Crippen LogP contribution in [0.25, 0.3) is 0 Å². The molecule has 150 valence electrons. The van der Waals surface area contributed by atoms with Crippen molar-refractivity contribution in [2.75, 3.05) is 5.32 Å². The van der Waals surface area contributed by atoms with E-state index >= 15 is 0 Å². The van der Waals surface area contributed by atoms with Crippen molar-refractivity contribution in [3.63, 3.8) is 0 Å². The van der Waals surface area contributed by atoms with Crippen LogP contribution in [0.5, 0.6) is 5.75 Å². The van der Waals surface area contributed by atoms with Gasteiger partial charge in [-0.3, -0.25) is 4.79 Å². The van der Waals surface area contributed by atoms with E-state index in [0.29, 0.717) is 11.3 Å². The van der Waals surface area contributed by atoms with Gasteiger partial charge in [-0.1, -0.05) is 32.0 Å². The lowest BCUT2D eigenvalue weighted by Gasteiger charge is -2.19. The van der Waals surface area contributed by atoms with Gasteiger partial charge in [0, 0.05) is 5.69 Å². The van der Waals surface area contributed by atoms with Crippen LogP contribution in [0, 0.1) is 6.92 Å². The SMILES string of the molecule is Cc1cccc(C(C)C)c1NC(=O)[C@H](C)OC(=O)c1ccc(OC(C)C)cc1. The molecule has 2 rings (SSSR count). The highest BCUT2D eigenvalue weighted by Gasteiger charge is 2.21.